The van der Waals surface area contributed by atoms with Crippen LogP contribution in [0.3, 0.4) is 0 Å². The molecule has 0 saturated heterocycles. The molecule has 0 aliphatic heterocycles. The zero-order valence-electron chi connectivity index (χ0n) is 8.06. The number of benzene rings is 1. The summed E-state index contributed by atoms with van der Waals surface area (Å²) in [5.41, 5.74) is 0.976. The predicted molar refractivity (Wildman–Crippen MR) is 56.6 cm³/mol. The van der Waals surface area contributed by atoms with Crippen LogP contribution in [0, 0.1) is 10.9 Å². The first kappa shape index (κ1) is 11.7. The fourth-order valence-corrected chi connectivity index (χ4v) is 1.12. The van der Waals surface area contributed by atoms with Gasteiger partial charge >= 0.3 is 5.97 Å². The van der Waals surface area contributed by atoms with Crippen molar-refractivity contribution in [1.29, 1.82) is 0 Å². The van der Waals surface area contributed by atoms with Crippen molar-refractivity contribution in [2.45, 2.75) is 12.8 Å². The van der Waals surface area contributed by atoms with E-state index in [9.17, 15) is 4.79 Å². The molecule has 1 N–H and O–H groups in total. The van der Waals surface area contributed by atoms with Gasteiger partial charge in [-0.15, -0.1) is 0 Å². The normalized spacial score (nSPS) is 8.80. The Hall–Kier alpha value is -1.42. The zero-order valence-corrected chi connectivity index (χ0v) is 9.22. The van der Waals surface area contributed by atoms with Gasteiger partial charge in [0, 0.05) is 6.42 Å². The molecule has 1 rings (SSSR count). The van der Waals surface area contributed by atoms with Gasteiger partial charge in [0.25, 0.3) is 16.3 Å². The number of hydrogen-bond donors (Lipinski definition) is 1. The maximum absolute atomic E-state index is 10.3. The summed E-state index contributed by atoms with van der Waals surface area (Å²) in [7, 11) is 0. The molecule has 0 bridgehead atoms. The molecule has 2 radical (unpaired) electrons. The molecular weight excluding hydrogens is 207 g/mol. The van der Waals surface area contributed by atoms with Crippen molar-refractivity contribution >= 4 is 22.3 Å². The first-order chi connectivity index (χ1) is 7.22. The van der Waals surface area contributed by atoms with E-state index in [1.165, 1.54) is 0 Å². The molecule has 1 aromatic rings. The number of aliphatic carboxylic acids is 1. The maximum Gasteiger partial charge on any atom is 0.303 e. The van der Waals surface area contributed by atoms with Crippen LogP contribution in [0.15, 0.2) is 24.3 Å². The van der Waals surface area contributed by atoms with Crippen LogP contribution in [0.25, 0.3) is 0 Å². The monoisotopic (exact) mass is 216 g/mol. The molecule has 15 heavy (non-hydrogen) atoms. The van der Waals surface area contributed by atoms with Crippen LogP contribution in [-0.4, -0.2) is 27.4 Å². The average Bonchev–Trinajstić information content (AvgIpc) is 2.25. The number of rotatable bonds is 4. The molecule has 0 aromatic heterocycles. The molecule has 0 heterocycles. The summed E-state index contributed by atoms with van der Waals surface area (Å²) in [5.74, 6) is -0.131. The minimum Gasteiger partial charge on any atom is -0.481 e. The van der Waals surface area contributed by atoms with E-state index in [2.05, 4.69) is 27.2 Å². The highest BCUT2D eigenvalue weighted by molar-refractivity contribution is 6.22. The van der Waals surface area contributed by atoms with Crippen molar-refractivity contribution in [3.63, 3.8) is 0 Å². The SMILES string of the molecule is O=C(O)CCc1ccc(OC#[C][Al])cc1. The highest BCUT2D eigenvalue weighted by atomic mass is 27.0. The van der Waals surface area contributed by atoms with Gasteiger partial charge in [-0.3, -0.25) is 4.79 Å². The largest absolute Gasteiger partial charge is 0.481 e. The van der Waals surface area contributed by atoms with Gasteiger partial charge in [-0.25, -0.2) is 0 Å². The molecule has 0 atom stereocenters. The van der Waals surface area contributed by atoms with E-state index >= 15 is 0 Å². The van der Waals surface area contributed by atoms with E-state index in [4.69, 9.17) is 9.84 Å². The van der Waals surface area contributed by atoms with E-state index in [1.807, 2.05) is 12.1 Å². The summed E-state index contributed by atoms with van der Waals surface area (Å²) in [4.78, 5) is 12.9. The molecule has 74 valence electrons. The lowest BCUT2D eigenvalue weighted by atomic mass is 10.1. The van der Waals surface area contributed by atoms with E-state index in [-0.39, 0.29) is 6.42 Å². The standard InChI is InChI=1S/C11H9O3.Al/c1-2-14-10-6-3-9(4-7-10)5-8-11(12)13;/h3-4,6-7H,5,8H2,(H,12,13);. The molecule has 4 heteroatoms. The van der Waals surface area contributed by atoms with Crippen molar-refractivity contribution in [2.75, 3.05) is 0 Å². The molecule has 3 nitrogen and oxygen atoms in total. The zero-order chi connectivity index (χ0) is 11.1. The van der Waals surface area contributed by atoms with Gasteiger partial charge in [0.15, 0.2) is 0 Å². The Labute approximate surface area is 96.5 Å². The molecule has 0 unspecified atom stereocenters. The lowest BCUT2D eigenvalue weighted by molar-refractivity contribution is -0.136. The second-order valence-corrected chi connectivity index (χ2v) is 3.17. The van der Waals surface area contributed by atoms with Crippen molar-refractivity contribution in [2.24, 2.45) is 0 Å². The van der Waals surface area contributed by atoms with E-state index < -0.39 is 5.97 Å². The lowest BCUT2D eigenvalue weighted by Gasteiger charge is -2.00. The van der Waals surface area contributed by atoms with Crippen LogP contribution in [0.2, 0.25) is 0 Å². The van der Waals surface area contributed by atoms with Crippen molar-refractivity contribution < 1.29 is 14.6 Å². The van der Waals surface area contributed by atoms with Crippen LogP contribution in [0.1, 0.15) is 12.0 Å². The molecule has 0 amide bonds. The molecule has 0 aliphatic carbocycles. The van der Waals surface area contributed by atoms with Gasteiger partial charge in [-0.2, -0.15) is 4.78 Å². The van der Waals surface area contributed by atoms with Crippen molar-refractivity contribution in [3.8, 4) is 16.6 Å². The Morgan fingerprint density at radius 2 is 2.07 bits per heavy atom. The Balaban J connectivity index is 2.54. The molecule has 0 spiro atoms. The lowest BCUT2D eigenvalue weighted by Crippen LogP contribution is -1.97. The topological polar surface area (TPSA) is 46.5 Å². The summed E-state index contributed by atoms with van der Waals surface area (Å²) in [6.45, 7) is 0. The Morgan fingerprint density at radius 3 is 2.60 bits per heavy atom. The summed E-state index contributed by atoms with van der Waals surface area (Å²) in [5, 5.41) is 8.50. The van der Waals surface area contributed by atoms with Gasteiger partial charge < -0.3 is 9.84 Å². The Morgan fingerprint density at radius 1 is 1.40 bits per heavy atom. The third kappa shape index (κ3) is 4.56. The van der Waals surface area contributed by atoms with E-state index in [1.54, 1.807) is 12.1 Å². The van der Waals surface area contributed by atoms with Crippen LogP contribution >= 0.6 is 0 Å². The van der Waals surface area contributed by atoms with Crippen LogP contribution in [-0.2, 0) is 11.2 Å². The van der Waals surface area contributed by atoms with Crippen molar-refractivity contribution in [1.82, 2.24) is 0 Å². The Bertz CT molecular complexity index is 387. The predicted octanol–water partition coefficient (Wildman–Crippen LogP) is 1.17. The fraction of sp³-hybridized carbons (Fsp3) is 0.182. The quantitative estimate of drug-likeness (QED) is 0.607. The smallest absolute Gasteiger partial charge is 0.303 e. The van der Waals surface area contributed by atoms with Crippen LogP contribution in [0.5, 0.6) is 5.75 Å². The minimum absolute atomic E-state index is 0.144. The van der Waals surface area contributed by atoms with Gasteiger partial charge in [0.1, 0.15) is 5.75 Å². The first-order valence-electron chi connectivity index (χ1n) is 4.40. The highest BCUT2D eigenvalue weighted by Crippen LogP contribution is 2.12. The maximum atomic E-state index is 10.3. The molecule has 0 fully saturated rings. The van der Waals surface area contributed by atoms with Gasteiger partial charge in [-0.1, -0.05) is 12.1 Å². The summed E-state index contributed by atoms with van der Waals surface area (Å²) in [6, 6.07) is 7.21. The number of carboxylic acid groups (broad SMARTS) is 1. The van der Waals surface area contributed by atoms with E-state index in [0.717, 1.165) is 5.56 Å². The van der Waals surface area contributed by atoms with Gasteiger partial charge in [0.05, 0.1) is 6.11 Å². The number of aryl methyl sites for hydroxylation is 1. The summed E-state index contributed by atoms with van der Waals surface area (Å²) in [6.07, 6.45) is 3.13. The highest BCUT2D eigenvalue weighted by Gasteiger charge is 1.99. The second kappa shape index (κ2) is 6.14. The van der Waals surface area contributed by atoms with Crippen molar-refractivity contribution in [3.05, 3.63) is 29.8 Å². The fourth-order valence-electron chi connectivity index (χ4n) is 1.06. The van der Waals surface area contributed by atoms with Crippen LogP contribution in [0.4, 0.5) is 0 Å². The Kier molecular flexibility index (Phi) is 4.77. The van der Waals surface area contributed by atoms with Crippen LogP contribution < -0.4 is 4.74 Å². The number of carboxylic acids is 1. The third-order valence-corrected chi connectivity index (χ3v) is 1.90. The minimum atomic E-state index is -0.788. The van der Waals surface area contributed by atoms with Gasteiger partial charge in [0.2, 0.25) is 0 Å². The number of hydrogen-bond acceptors (Lipinski definition) is 2. The summed E-state index contributed by atoms with van der Waals surface area (Å²) < 4.78 is 5.04. The van der Waals surface area contributed by atoms with E-state index in [0.29, 0.717) is 12.2 Å². The first-order valence-corrected chi connectivity index (χ1v) is 4.98. The third-order valence-electron chi connectivity index (χ3n) is 1.78. The number of carbonyl (C=O) groups is 1. The number of ether oxygens (including phenoxy) is 1. The average molecular weight is 216 g/mol. The van der Waals surface area contributed by atoms with Gasteiger partial charge in [-0.05, 0) is 24.1 Å². The molecule has 0 saturated carbocycles. The molecule has 0 aliphatic rings. The second-order valence-electron chi connectivity index (χ2n) is 2.89. The summed E-state index contributed by atoms with van der Waals surface area (Å²) >= 11 is 2.24. The molecule has 1 aromatic carbocycles. The molecular formula is C11H9AlO3.